The first-order valence-electron chi connectivity index (χ1n) is 9.24. The highest BCUT2D eigenvalue weighted by atomic mass is 16.5. The molecule has 5 heteroatoms. The quantitative estimate of drug-likeness (QED) is 0.725. The Labute approximate surface area is 154 Å². The summed E-state index contributed by atoms with van der Waals surface area (Å²) < 4.78 is 4.99. The van der Waals surface area contributed by atoms with E-state index >= 15 is 0 Å². The van der Waals surface area contributed by atoms with E-state index in [2.05, 4.69) is 46.3 Å². The van der Waals surface area contributed by atoms with E-state index in [1.165, 1.54) is 11.1 Å². The molecule has 3 N–H and O–H groups in total. The smallest absolute Gasteiger partial charge is 0.251 e. The van der Waals surface area contributed by atoms with E-state index in [9.17, 15) is 4.79 Å². The number of anilines is 1. The number of amides is 1. The van der Waals surface area contributed by atoms with Gasteiger partial charge in [0.15, 0.2) is 0 Å². The second-order valence-electron chi connectivity index (χ2n) is 6.97. The van der Waals surface area contributed by atoms with Gasteiger partial charge in [0.05, 0.1) is 12.6 Å². The predicted octanol–water partition coefficient (Wildman–Crippen LogP) is 2.88. The summed E-state index contributed by atoms with van der Waals surface area (Å²) in [6.07, 6.45) is 1.13. The van der Waals surface area contributed by atoms with Crippen molar-refractivity contribution in [3.8, 4) is 0 Å². The Morgan fingerprint density at radius 3 is 2.85 bits per heavy atom. The van der Waals surface area contributed by atoms with Crippen LogP contribution in [0, 0.1) is 5.92 Å². The van der Waals surface area contributed by atoms with Crippen molar-refractivity contribution in [3.05, 3.63) is 65.2 Å². The number of benzene rings is 2. The summed E-state index contributed by atoms with van der Waals surface area (Å²) in [5.41, 5.74) is 4.33. The lowest BCUT2D eigenvalue weighted by Crippen LogP contribution is -2.33. The second kappa shape index (κ2) is 7.48. The number of hydrogen-bond acceptors (Lipinski definition) is 4. The summed E-state index contributed by atoms with van der Waals surface area (Å²) in [5, 5.41) is 10.2. The molecule has 0 saturated carbocycles. The minimum atomic E-state index is -0.0513. The highest BCUT2D eigenvalue weighted by molar-refractivity contribution is 5.95. The average Bonchev–Trinajstić information content (AvgIpc) is 3.18. The lowest BCUT2D eigenvalue weighted by Gasteiger charge is -2.37. The van der Waals surface area contributed by atoms with Crippen molar-refractivity contribution in [2.75, 3.05) is 32.1 Å². The van der Waals surface area contributed by atoms with Crippen LogP contribution in [0.3, 0.4) is 0 Å². The Hall–Kier alpha value is -2.37. The molecular formula is C21H25N3O2. The number of methoxy groups -OCH3 is 1. The van der Waals surface area contributed by atoms with Crippen LogP contribution in [0.5, 0.6) is 0 Å². The largest absolute Gasteiger partial charge is 0.383 e. The minimum absolute atomic E-state index is 0.0513. The molecule has 4 rings (SSSR count). The molecule has 2 aliphatic rings. The highest BCUT2D eigenvalue weighted by Crippen LogP contribution is 2.47. The summed E-state index contributed by atoms with van der Waals surface area (Å²) >= 11 is 0. The molecule has 0 aromatic heterocycles. The fraction of sp³-hybridized carbons (Fsp3) is 0.381. The van der Waals surface area contributed by atoms with Crippen molar-refractivity contribution in [1.82, 2.24) is 10.6 Å². The van der Waals surface area contributed by atoms with E-state index in [0.717, 1.165) is 18.7 Å². The molecule has 136 valence electrons. The summed E-state index contributed by atoms with van der Waals surface area (Å²) in [7, 11) is 1.63. The molecule has 1 saturated heterocycles. The Morgan fingerprint density at radius 1 is 1.19 bits per heavy atom. The minimum Gasteiger partial charge on any atom is -0.383 e. The number of rotatable bonds is 5. The number of ether oxygens (including phenoxy) is 1. The first kappa shape index (κ1) is 17.1. The van der Waals surface area contributed by atoms with Gasteiger partial charge in [-0.05, 0) is 42.3 Å². The van der Waals surface area contributed by atoms with Crippen molar-refractivity contribution in [2.24, 2.45) is 5.92 Å². The molecular weight excluding hydrogens is 326 g/mol. The van der Waals surface area contributed by atoms with E-state index in [-0.39, 0.29) is 11.9 Å². The van der Waals surface area contributed by atoms with Crippen LogP contribution in [0.1, 0.15) is 40.0 Å². The van der Waals surface area contributed by atoms with E-state index in [4.69, 9.17) is 4.74 Å². The van der Waals surface area contributed by atoms with Crippen LogP contribution in [0.2, 0.25) is 0 Å². The van der Waals surface area contributed by atoms with Crippen molar-refractivity contribution in [2.45, 2.75) is 18.5 Å². The summed E-state index contributed by atoms with van der Waals surface area (Å²) in [6, 6.07) is 17.2. The molecule has 2 aromatic rings. The molecule has 3 atom stereocenters. The first-order chi connectivity index (χ1) is 12.8. The fourth-order valence-corrected chi connectivity index (χ4v) is 4.15. The zero-order valence-electron chi connectivity index (χ0n) is 15.0. The van der Waals surface area contributed by atoms with Gasteiger partial charge in [0, 0.05) is 36.9 Å². The Balaban J connectivity index is 1.61. The third-order valence-corrected chi connectivity index (χ3v) is 5.41. The molecule has 0 bridgehead atoms. The van der Waals surface area contributed by atoms with Crippen molar-refractivity contribution in [3.63, 3.8) is 0 Å². The first-order valence-corrected chi connectivity index (χ1v) is 9.24. The second-order valence-corrected chi connectivity index (χ2v) is 6.97. The van der Waals surface area contributed by atoms with Crippen LogP contribution in [0.15, 0.2) is 48.5 Å². The van der Waals surface area contributed by atoms with Crippen LogP contribution in [-0.4, -0.2) is 32.7 Å². The number of carbonyl (C=O) groups is 1. The summed E-state index contributed by atoms with van der Waals surface area (Å²) in [6.45, 7) is 2.04. The lowest BCUT2D eigenvalue weighted by molar-refractivity contribution is 0.0937. The summed E-state index contributed by atoms with van der Waals surface area (Å²) in [5.74, 6) is 0.432. The average molecular weight is 351 g/mol. The molecule has 2 aliphatic heterocycles. The van der Waals surface area contributed by atoms with Crippen LogP contribution in [0.4, 0.5) is 5.69 Å². The molecule has 0 aliphatic carbocycles. The maximum Gasteiger partial charge on any atom is 0.251 e. The number of hydrogen-bond donors (Lipinski definition) is 3. The molecule has 2 heterocycles. The van der Waals surface area contributed by atoms with E-state index in [1.54, 1.807) is 7.11 Å². The van der Waals surface area contributed by atoms with Gasteiger partial charge in [-0.25, -0.2) is 0 Å². The lowest BCUT2D eigenvalue weighted by atomic mass is 9.80. The molecule has 5 nitrogen and oxygen atoms in total. The van der Waals surface area contributed by atoms with Gasteiger partial charge in [-0.15, -0.1) is 0 Å². The molecule has 0 radical (unpaired) electrons. The standard InChI is InChI=1S/C21H25N3O2/c1-26-12-11-23-21(25)15-7-8-18-17(13-15)20-16(9-10-22-20)19(24-18)14-5-3-2-4-6-14/h2-8,13,16,19-20,22,24H,9-12H2,1H3,(H,23,25)/t16-,19?,20-/m0/s1. The van der Waals surface area contributed by atoms with Crippen molar-refractivity contribution >= 4 is 11.6 Å². The van der Waals surface area contributed by atoms with E-state index in [1.807, 2.05) is 18.2 Å². The fourth-order valence-electron chi connectivity index (χ4n) is 4.15. The van der Waals surface area contributed by atoms with Gasteiger partial charge in [0.25, 0.3) is 5.91 Å². The molecule has 1 amide bonds. The van der Waals surface area contributed by atoms with Gasteiger partial charge in [-0.3, -0.25) is 4.79 Å². The van der Waals surface area contributed by atoms with Gasteiger partial charge in [-0.1, -0.05) is 30.3 Å². The van der Waals surface area contributed by atoms with Gasteiger partial charge in [-0.2, -0.15) is 0 Å². The molecule has 1 unspecified atom stereocenters. The van der Waals surface area contributed by atoms with Gasteiger partial charge < -0.3 is 20.7 Å². The maximum atomic E-state index is 12.4. The predicted molar refractivity (Wildman–Crippen MR) is 102 cm³/mol. The number of nitrogens with one attached hydrogen (secondary N) is 3. The summed E-state index contributed by atoms with van der Waals surface area (Å²) in [4.78, 5) is 12.4. The zero-order valence-corrected chi connectivity index (χ0v) is 15.0. The van der Waals surface area contributed by atoms with Crippen molar-refractivity contribution < 1.29 is 9.53 Å². The van der Waals surface area contributed by atoms with Crippen LogP contribution in [0.25, 0.3) is 0 Å². The third-order valence-electron chi connectivity index (χ3n) is 5.41. The number of fused-ring (bicyclic) bond motifs is 3. The highest BCUT2D eigenvalue weighted by Gasteiger charge is 2.40. The van der Waals surface area contributed by atoms with Gasteiger partial charge >= 0.3 is 0 Å². The van der Waals surface area contributed by atoms with Gasteiger partial charge in [0.1, 0.15) is 0 Å². The molecule has 1 fully saturated rings. The normalized spacial score (nSPS) is 23.7. The monoisotopic (exact) mass is 351 g/mol. The Bertz CT molecular complexity index is 778. The van der Waals surface area contributed by atoms with Crippen LogP contribution in [-0.2, 0) is 4.74 Å². The maximum absolute atomic E-state index is 12.4. The van der Waals surface area contributed by atoms with Crippen LogP contribution < -0.4 is 16.0 Å². The van der Waals surface area contributed by atoms with Gasteiger partial charge in [0.2, 0.25) is 0 Å². The SMILES string of the molecule is COCCNC(=O)c1ccc2c(c1)[C@H]1NCC[C@H]1C(c1ccccc1)N2. The molecule has 2 aromatic carbocycles. The topological polar surface area (TPSA) is 62.4 Å². The van der Waals surface area contributed by atoms with E-state index < -0.39 is 0 Å². The Morgan fingerprint density at radius 2 is 2.04 bits per heavy atom. The van der Waals surface area contributed by atoms with E-state index in [0.29, 0.717) is 30.7 Å². The Kier molecular flexibility index (Phi) is 4.91. The molecule has 26 heavy (non-hydrogen) atoms. The number of carbonyl (C=O) groups excluding carboxylic acids is 1. The zero-order chi connectivity index (χ0) is 17.9. The third kappa shape index (κ3) is 3.20. The molecule has 0 spiro atoms. The van der Waals surface area contributed by atoms with Crippen LogP contribution >= 0.6 is 0 Å². The van der Waals surface area contributed by atoms with Crippen molar-refractivity contribution in [1.29, 1.82) is 0 Å².